The first-order chi connectivity index (χ1) is 6.45. The third-order valence-corrected chi connectivity index (χ3v) is 1.53. The van der Waals surface area contributed by atoms with Crippen molar-refractivity contribution < 1.29 is 24.3 Å². The van der Waals surface area contributed by atoms with Crippen molar-refractivity contribution in [2.45, 2.75) is 32.6 Å². The summed E-state index contributed by atoms with van der Waals surface area (Å²) in [5, 5.41) is 8.23. The average Bonchev–Trinajstić information content (AvgIpc) is 2.01. The summed E-state index contributed by atoms with van der Waals surface area (Å²) < 4.78 is 0. The lowest BCUT2D eigenvalue weighted by Gasteiger charge is -1.96. The third kappa shape index (κ3) is 6.05. The summed E-state index contributed by atoms with van der Waals surface area (Å²) in [5.41, 5.74) is 0. The summed E-state index contributed by atoms with van der Waals surface area (Å²) in [4.78, 5) is 42.6. The van der Waals surface area contributed by atoms with Gasteiger partial charge in [0.2, 0.25) is 0 Å². The van der Waals surface area contributed by atoms with E-state index in [1.54, 1.807) is 6.92 Å². The number of aliphatic carboxylic acids is 1. The zero-order valence-corrected chi connectivity index (χ0v) is 7.91. The van der Waals surface area contributed by atoms with E-state index >= 15 is 0 Å². The molecule has 14 heavy (non-hydrogen) atoms. The first-order valence-corrected chi connectivity index (χ1v) is 4.22. The molecule has 0 aliphatic carbocycles. The molecule has 78 valence electrons. The Morgan fingerprint density at radius 2 is 1.29 bits per heavy atom. The highest BCUT2D eigenvalue weighted by molar-refractivity contribution is 6.10. The highest BCUT2D eigenvalue weighted by Crippen LogP contribution is 1.98. The lowest BCUT2D eigenvalue weighted by atomic mass is 10.1. The maximum absolute atomic E-state index is 11.0. The van der Waals surface area contributed by atoms with Crippen LogP contribution in [-0.2, 0) is 19.2 Å². The molecule has 0 spiro atoms. The molecule has 0 fully saturated rings. The normalized spacial score (nSPS) is 9.50. The van der Waals surface area contributed by atoms with E-state index in [9.17, 15) is 19.2 Å². The molecule has 0 heterocycles. The fourth-order valence-electron chi connectivity index (χ4n) is 0.858. The van der Waals surface area contributed by atoms with Gasteiger partial charge in [-0.05, 0) is 0 Å². The Bertz CT molecular complexity index is 266. The molecule has 0 saturated heterocycles. The number of hydrogen-bond donors (Lipinski definition) is 1. The average molecular weight is 200 g/mol. The molecule has 0 aromatic heterocycles. The molecule has 1 N–H and O–H groups in total. The number of carboxylic acids is 1. The van der Waals surface area contributed by atoms with E-state index in [0.717, 1.165) is 0 Å². The third-order valence-electron chi connectivity index (χ3n) is 1.53. The van der Waals surface area contributed by atoms with E-state index in [0.29, 0.717) is 0 Å². The van der Waals surface area contributed by atoms with Gasteiger partial charge in [-0.25, -0.2) is 0 Å². The monoisotopic (exact) mass is 200 g/mol. The van der Waals surface area contributed by atoms with Gasteiger partial charge < -0.3 is 5.11 Å². The fourth-order valence-corrected chi connectivity index (χ4v) is 0.858. The van der Waals surface area contributed by atoms with Crippen LogP contribution in [0, 0.1) is 0 Å². The van der Waals surface area contributed by atoms with Gasteiger partial charge in [0.15, 0.2) is 5.78 Å². The van der Waals surface area contributed by atoms with Crippen LogP contribution in [-0.4, -0.2) is 28.4 Å². The number of carboxylic acid groups (broad SMARTS) is 1. The number of carbonyl (C=O) groups is 4. The number of carbonyl (C=O) groups excluding carboxylic acids is 3. The van der Waals surface area contributed by atoms with Gasteiger partial charge in [0.1, 0.15) is 18.0 Å². The van der Waals surface area contributed by atoms with Crippen LogP contribution in [0.4, 0.5) is 0 Å². The number of rotatable bonds is 7. The summed E-state index contributed by atoms with van der Waals surface area (Å²) in [7, 11) is 0. The van der Waals surface area contributed by atoms with Crippen molar-refractivity contribution in [3.8, 4) is 0 Å². The van der Waals surface area contributed by atoms with E-state index in [1.807, 2.05) is 0 Å². The van der Waals surface area contributed by atoms with Crippen LogP contribution in [0.15, 0.2) is 0 Å². The Morgan fingerprint density at radius 1 is 0.857 bits per heavy atom. The Morgan fingerprint density at radius 3 is 1.71 bits per heavy atom. The Kier molecular flexibility index (Phi) is 5.36. The van der Waals surface area contributed by atoms with Crippen molar-refractivity contribution in [1.29, 1.82) is 0 Å². The summed E-state index contributed by atoms with van der Waals surface area (Å²) in [6, 6.07) is 0. The molecule has 0 aromatic rings. The largest absolute Gasteiger partial charge is 0.481 e. The molecule has 0 radical (unpaired) electrons. The van der Waals surface area contributed by atoms with E-state index < -0.39 is 30.4 Å². The molecule has 0 aliphatic rings. The summed E-state index contributed by atoms with van der Waals surface area (Å²) in [5.74, 6) is -2.67. The van der Waals surface area contributed by atoms with Gasteiger partial charge in [-0.3, -0.25) is 19.2 Å². The fraction of sp³-hybridized carbons (Fsp3) is 0.556. The zero-order valence-electron chi connectivity index (χ0n) is 7.91. The molecular formula is C9H12O5. The highest BCUT2D eigenvalue weighted by atomic mass is 16.4. The SMILES string of the molecule is CCC(=O)CC(=O)CC(=O)CC(=O)O. The van der Waals surface area contributed by atoms with Gasteiger partial charge in [-0.1, -0.05) is 6.92 Å². The van der Waals surface area contributed by atoms with Gasteiger partial charge in [-0.2, -0.15) is 0 Å². The Balaban J connectivity index is 3.88. The summed E-state index contributed by atoms with van der Waals surface area (Å²) >= 11 is 0. The van der Waals surface area contributed by atoms with Crippen LogP contribution >= 0.6 is 0 Å². The maximum atomic E-state index is 11.0. The van der Waals surface area contributed by atoms with E-state index in [4.69, 9.17) is 5.11 Å². The molecular weight excluding hydrogens is 188 g/mol. The quantitative estimate of drug-likeness (QED) is 0.599. The van der Waals surface area contributed by atoms with E-state index in [-0.39, 0.29) is 18.6 Å². The molecule has 0 unspecified atom stereocenters. The van der Waals surface area contributed by atoms with E-state index in [1.165, 1.54) is 0 Å². The Hall–Kier alpha value is -1.52. The molecule has 0 saturated carbocycles. The highest BCUT2D eigenvalue weighted by Gasteiger charge is 2.14. The minimum absolute atomic E-state index is 0.238. The molecule has 0 amide bonds. The molecule has 0 bridgehead atoms. The van der Waals surface area contributed by atoms with Crippen LogP contribution in [0.25, 0.3) is 0 Å². The van der Waals surface area contributed by atoms with Crippen molar-refractivity contribution in [2.24, 2.45) is 0 Å². The Labute approximate surface area is 81.1 Å². The zero-order chi connectivity index (χ0) is 11.1. The minimum Gasteiger partial charge on any atom is -0.481 e. The van der Waals surface area contributed by atoms with Gasteiger partial charge >= 0.3 is 5.97 Å². The summed E-state index contributed by atoms with van der Waals surface area (Å²) in [6.07, 6.45) is -1.15. The minimum atomic E-state index is -1.26. The van der Waals surface area contributed by atoms with Gasteiger partial charge in [0, 0.05) is 6.42 Å². The second-order valence-electron chi connectivity index (χ2n) is 2.89. The lowest BCUT2D eigenvalue weighted by molar-refractivity contribution is -0.140. The number of Topliss-reactive ketones (excluding diaryl/α,β-unsaturated/α-hetero) is 3. The molecule has 0 aliphatic heterocycles. The van der Waals surface area contributed by atoms with Crippen LogP contribution in [0.5, 0.6) is 0 Å². The lowest BCUT2D eigenvalue weighted by Crippen LogP contribution is -2.14. The van der Waals surface area contributed by atoms with Crippen LogP contribution in [0.2, 0.25) is 0 Å². The van der Waals surface area contributed by atoms with Crippen LogP contribution in [0.3, 0.4) is 0 Å². The topological polar surface area (TPSA) is 88.5 Å². The molecule has 5 heteroatoms. The van der Waals surface area contributed by atoms with Crippen molar-refractivity contribution >= 4 is 23.3 Å². The molecule has 0 rings (SSSR count). The summed E-state index contributed by atoms with van der Waals surface area (Å²) in [6.45, 7) is 1.62. The smallest absolute Gasteiger partial charge is 0.310 e. The predicted octanol–water partition coefficient (Wildman–Crippen LogP) is 0.359. The van der Waals surface area contributed by atoms with Crippen molar-refractivity contribution in [1.82, 2.24) is 0 Å². The first-order valence-electron chi connectivity index (χ1n) is 4.22. The number of hydrogen-bond acceptors (Lipinski definition) is 4. The van der Waals surface area contributed by atoms with Crippen LogP contribution in [0.1, 0.15) is 32.6 Å². The molecule has 0 aromatic carbocycles. The van der Waals surface area contributed by atoms with Crippen molar-refractivity contribution in [3.63, 3.8) is 0 Å². The van der Waals surface area contributed by atoms with E-state index in [2.05, 4.69) is 0 Å². The van der Waals surface area contributed by atoms with Crippen molar-refractivity contribution in [3.05, 3.63) is 0 Å². The second kappa shape index (κ2) is 6.01. The first kappa shape index (κ1) is 12.5. The standard InChI is InChI=1S/C9H12O5/c1-2-6(10)3-7(11)4-8(12)5-9(13)14/h2-5H2,1H3,(H,13,14). The van der Waals surface area contributed by atoms with Crippen LogP contribution < -0.4 is 0 Å². The molecule has 0 atom stereocenters. The maximum Gasteiger partial charge on any atom is 0.310 e. The predicted molar refractivity (Wildman–Crippen MR) is 46.8 cm³/mol. The number of ketones is 3. The van der Waals surface area contributed by atoms with Crippen molar-refractivity contribution in [2.75, 3.05) is 0 Å². The van der Waals surface area contributed by atoms with Gasteiger partial charge in [-0.15, -0.1) is 0 Å². The second-order valence-corrected chi connectivity index (χ2v) is 2.89. The van der Waals surface area contributed by atoms with Gasteiger partial charge in [0.25, 0.3) is 0 Å². The van der Waals surface area contributed by atoms with Gasteiger partial charge in [0.05, 0.1) is 12.8 Å². The molecule has 5 nitrogen and oxygen atoms in total.